The highest BCUT2D eigenvalue weighted by Crippen LogP contribution is 2.59. The molecular formula is C21H26N2O4. The maximum Gasteiger partial charge on any atom is 0.252 e. The Morgan fingerprint density at radius 1 is 1.41 bits per heavy atom. The number of aromatic hydroxyl groups is 1. The van der Waals surface area contributed by atoms with Crippen molar-refractivity contribution in [2.24, 2.45) is 5.73 Å². The van der Waals surface area contributed by atoms with Crippen LogP contribution in [0.5, 0.6) is 5.75 Å². The van der Waals surface area contributed by atoms with Gasteiger partial charge >= 0.3 is 0 Å². The molecule has 2 aliphatic carbocycles. The molecule has 2 bridgehead atoms. The molecule has 3 aliphatic rings. The fraction of sp³-hybridized carbons (Fsp3) is 0.524. The number of aliphatic hydroxyl groups is 1. The van der Waals surface area contributed by atoms with E-state index in [-0.39, 0.29) is 29.6 Å². The second-order valence-electron chi connectivity index (χ2n) is 8.17. The Morgan fingerprint density at radius 3 is 2.89 bits per heavy atom. The Labute approximate surface area is 158 Å². The fourth-order valence-electron chi connectivity index (χ4n) is 5.73. The molecule has 0 radical (unpaired) electrons. The van der Waals surface area contributed by atoms with Gasteiger partial charge in [0, 0.05) is 36.4 Å². The summed E-state index contributed by atoms with van der Waals surface area (Å²) in [4.78, 5) is 26.5. The SMILES string of the molecule is C=CCCN1CC[C@]23CC(=O)CC[C@@]2(O)[C@H]1Cc1ccc(C(N)=O)c(O)c13. The number of nitrogens with zero attached hydrogens (tertiary/aromatic N) is 1. The fourth-order valence-corrected chi connectivity index (χ4v) is 5.73. The number of ketones is 1. The molecule has 1 heterocycles. The molecule has 1 saturated heterocycles. The zero-order chi connectivity index (χ0) is 19.4. The summed E-state index contributed by atoms with van der Waals surface area (Å²) >= 11 is 0. The molecule has 144 valence electrons. The van der Waals surface area contributed by atoms with Crippen molar-refractivity contribution in [1.82, 2.24) is 4.90 Å². The summed E-state index contributed by atoms with van der Waals surface area (Å²) in [6.07, 6.45) is 4.75. The normalized spacial score (nSPS) is 32.5. The Hall–Kier alpha value is -2.18. The first-order valence-electron chi connectivity index (χ1n) is 9.58. The molecule has 0 aromatic heterocycles. The number of fused-ring (bicyclic) bond motifs is 1. The molecule has 27 heavy (non-hydrogen) atoms. The number of hydrogen-bond acceptors (Lipinski definition) is 5. The van der Waals surface area contributed by atoms with Gasteiger partial charge in [-0.05, 0) is 43.9 Å². The van der Waals surface area contributed by atoms with Gasteiger partial charge < -0.3 is 15.9 Å². The summed E-state index contributed by atoms with van der Waals surface area (Å²) in [6.45, 7) is 5.33. The Morgan fingerprint density at radius 2 is 2.19 bits per heavy atom. The van der Waals surface area contributed by atoms with Crippen LogP contribution in [0.25, 0.3) is 0 Å². The van der Waals surface area contributed by atoms with Gasteiger partial charge in [0.1, 0.15) is 11.5 Å². The van der Waals surface area contributed by atoms with E-state index in [0.717, 1.165) is 25.1 Å². The van der Waals surface area contributed by atoms with Crippen LogP contribution in [0, 0.1) is 0 Å². The largest absolute Gasteiger partial charge is 0.507 e. The van der Waals surface area contributed by atoms with E-state index in [2.05, 4.69) is 11.5 Å². The summed E-state index contributed by atoms with van der Waals surface area (Å²) < 4.78 is 0. The summed E-state index contributed by atoms with van der Waals surface area (Å²) in [5.74, 6) is -0.774. The van der Waals surface area contributed by atoms with E-state index in [1.165, 1.54) is 0 Å². The van der Waals surface area contributed by atoms with Crippen LogP contribution in [0.15, 0.2) is 24.8 Å². The first-order chi connectivity index (χ1) is 12.8. The minimum atomic E-state index is -1.11. The Kier molecular flexibility index (Phi) is 4.16. The van der Waals surface area contributed by atoms with Gasteiger partial charge in [-0.3, -0.25) is 14.5 Å². The minimum Gasteiger partial charge on any atom is -0.507 e. The third-order valence-electron chi connectivity index (χ3n) is 6.97. The second-order valence-corrected chi connectivity index (χ2v) is 8.17. The van der Waals surface area contributed by atoms with Gasteiger partial charge in [-0.2, -0.15) is 0 Å². The van der Waals surface area contributed by atoms with Crippen molar-refractivity contribution in [2.45, 2.75) is 55.6 Å². The molecular weight excluding hydrogens is 344 g/mol. The molecule has 1 aliphatic heterocycles. The van der Waals surface area contributed by atoms with E-state index in [0.29, 0.717) is 31.2 Å². The zero-order valence-electron chi connectivity index (χ0n) is 15.4. The smallest absolute Gasteiger partial charge is 0.252 e. The van der Waals surface area contributed by atoms with Crippen molar-refractivity contribution in [2.75, 3.05) is 13.1 Å². The van der Waals surface area contributed by atoms with Crippen molar-refractivity contribution in [3.8, 4) is 5.75 Å². The molecule has 2 fully saturated rings. The van der Waals surface area contributed by atoms with Gasteiger partial charge in [0.15, 0.2) is 0 Å². The van der Waals surface area contributed by atoms with E-state index in [1.807, 2.05) is 12.1 Å². The number of nitrogens with two attached hydrogens (primary N) is 1. The molecule has 0 unspecified atom stereocenters. The standard InChI is InChI=1S/C21H26N2O4/c1-2-3-9-23-10-8-20-12-14(24)6-7-21(20,27)16(23)11-13-4-5-15(19(22)26)18(25)17(13)20/h2,4-5,16,25,27H,1,3,6-12H2,(H2,22,26)/t16-,20-,21-/m1/s1. The van der Waals surface area contributed by atoms with Crippen molar-refractivity contribution in [1.29, 1.82) is 0 Å². The van der Waals surface area contributed by atoms with Gasteiger partial charge in [0.05, 0.1) is 11.2 Å². The number of carbonyl (C=O) groups is 2. The summed E-state index contributed by atoms with van der Waals surface area (Å²) in [7, 11) is 0. The molecule has 1 amide bonds. The van der Waals surface area contributed by atoms with E-state index in [9.17, 15) is 19.8 Å². The molecule has 4 N–H and O–H groups in total. The van der Waals surface area contributed by atoms with Crippen molar-refractivity contribution < 1.29 is 19.8 Å². The predicted octanol–water partition coefficient (Wildman–Crippen LogP) is 1.42. The van der Waals surface area contributed by atoms with Crippen molar-refractivity contribution in [3.05, 3.63) is 41.5 Å². The van der Waals surface area contributed by atoms with Crippen LogP contribution < -0.4 is 5.73 Å². The number of hydrogen-bond donors (Lipinski definition) is 3. The van der Waals surface area contributed by atoms with Crippen LogP contribution in [0.4, 0.5) is 0 Å². The number of phenols is 1. The highest BCUT2D eigenvalue weighted by atomic mass is 16.3. The number of likely N-dealkylation sites (tertiary alicyclic amines) is 1. The molecule has 4 rings (SSSR count). The van der Waals surface area contributed by atoms with E-state index in [4.69, 9.17) is 5.73 Å². The van der Waals surface area contributed by atoms with Crippen LogP contribution in [0.3, 0.4) is 0 Å². The van der Waals surface area contributed by atoms with Gasteiger partial charge in [0.2, 0.25) is 0 Å². The first kappa shape index (κ1) is 18.2. The van der Waals surface area contributed by atoms with Gasteiger partial charge in [-0.15, -0.1) is 6.58 Å². The lowest BCUT2D eigenvalue weighted by atomic mass is 9.49. The van der Waals surface area contributed by atoms with E-state index in [1.54, 1.807) is 6.07 Å². The number of carbonyl (C=O) groups excluding carboxylic acids is 2. The van der Waals surface area contributed by atoms with E-state index >= 15 is 0 Å². The van der Waals surface area contributed by atoms with E-state index < -0.39 is 16.9 Å². The summed E-state index contributed by atoms with van der Waals surface area (Å²) in [5.41, 5.74) is 4.97. The van der Waals surface area contributed by atoms with Crippen molar-refractivity contribution >= 4 is 11.7 Å². The maximum atomic E-state index is 12.4. The Balaban J connectivity index is 1.92. The topological polar surface area (TPSA) is 104 Å². The summed E-state index contributed by atoms with van der Waals surface area (Å²) in [5, 5.41) is 22.8. The monoisotopic (exact) mass is 370 g/mol. The average molecular weight is 370 g/mol. The molecule has 1 saturated carbocycles. The number of benzene rings is 1. The van der Waals surface area contributed by atoms with Crippen LogP contribution in [-0.4, -0.2) is 51.5 Å². The van der Waals surface area contributed by atoms with Crippen molar-refractivity contribution in [3.63, 3.8) is 0 Å². The van der Waals surface area contributed by atoms with Gasteiger partial charge in [-0.25, -0.2) is 0 Å². The average Bonchev–Trinajstić information content (AvgIpc) is 2.61. The molecule has 3 atom stereocenters. The lowest BCUT2D eigenvalue weighted by Crippen LogP contribution is -2.73. The second kappa shape index (κ2) is 6.17. The number of Topliss-reactive ketones (excluding diaryl/α,β-unsaturated/α-hetero) is 1. The van der Waals surface area contributed by atoms with Crippen LogP contribution in [0.2, 0.25) is 0 Å². The van der Waals surface area contributed by atoms with Crippen LogP contribution in [-0.2, 0) is 16.6 Å². The highest BCUT2D eigenvalue weighted by molar-refractivity contribution is 5.96. The highest BCUT2D eigenvalue weighted by Gasteiger charge is 2.65. The molecule has 0 spiro atoms. The molecule has 6 heteroatoms. The summed E-state index contributed by atoms with van der Waals surface area (Å²) in [6, 6.07) is 3.25. The Bertz CT molecular complexity index is 836. The van der Waals surface area contributed by atoms with Gasteiger partial charge in [0.25, 0.3) is 5.91 Å². The third kappa shape index (κ3) is 2.39. The number of amides is 1. The van der Waals surface area contributed by atoms with Crippen LogP contribution in [0.1, 0.15) is 53.6 Å². The lowest BCUT2D eigenvalue weighted by molar-refractivity contribution is -0.172. The van der Waals surface area contributed by atoms with Gasteiger partial charge in [-0.1, -0.05) is 12.1 Å². The quantitative estimate of drug-likeness (QED) is 0.696. The predicted molar refractivity (Wildman–Crippen MR) is 101 cm³/mol. The number of rotatable bonds is 4. The first-order valence-corrected chi connectivity index (χ1v) is 9.58. The molecule has 6 nitrogen and oxygen atoms in total. The third-order valence-corrected chi connectivity index (χ3v) is 6.97. The number of piperidine rings is 1. The molecule has 1 aromatic carbocycles. The zero-order valence-corrected chi connectivity index (χ0v) is 15.4. The van der Waals surface area contributed by atoms with Crippen LogP contribution >= 0.6 is 0 Å². The maximum absolute atomic E-state index is 12.4. The number of primary amides is 1. The lowest BCUT2D eigenvalue weighted by Gasteiger charge is -2.63. The molecule has 1 aromatic rings. The minimum absolute atomic E-state index is 0.0519.